The molecule has 1 fully saturated rings. The third-order valence-corrected chi connectivity index (χ3v) is 5.84. The zero-order chi connectivity index (χ0) is 22.7. The van der Waals surface area contributed by atoms with E-state index in [1.807, 2.05) is 0 Å². The topological polar surface area (TPSA) is 106 Å². The van der Waals surface area contributed by atoms with Gasteiger partial charge in [0.2, 0.25) is 0 Å². The van der Waals surface area contributed by atoms with E-state index in [-0.39, 0.29) is 19.0 Å². The minimum absolute atomic E-state index is 0.0499. The van der Waals surface area contributed by atoms with Crippen molar-refractivity contribution >= 4 is 21.8 Å². The molecule has 0 radical (unpaired) electrons. The van der Waals surface area contributed by atoms with Gasteiger partial charge in [0.05, 0.1) is 5.56 Å². The molecule has 1 saturated heterocycles. The molecule has 0 saturated carbocycles. The number of alkyl halides is 3. The lowest BCUT2D eigenvalue weighted by molar-refractivity contribution is -0.0438. The Morgan fingerprint density at radius 2 is 1.83 bits per heavy atom. The van der Waals surface area contributed by atoms with Crippen molar-refractivity contribution in [3.63, 3.8) is 0 Å². The smallest absolute Gasteiger partial charge is 0.444 e. The van der Waals surface area contributed by atoms with E-state index in [9.17, 15) is 31.2 Å². The van der Waals surface area contributed by atoms with Gasteiger partial charge < -0.3 is 15.0 Å². The first-order chi connectivity index (χ1) is 13.7. The minimum Gasteiger partial charge on any atom is -0.444 e. The number of pyridine rings is 1. The molecule has 0 unspecified atom stereocenters. The van der Waals surface area contributed by atoms with Crippen LogP contribution in [0.25, 0.3) is 0 Å². The maximum absolute atomic E-state index is 12.9. The molecule has 2 heterocycles. The van der Waals surface area contributed by atoms with Gasteiger partial charge >= 0.3 is 11.6 Å². The molecule has 168 valence electrons. The number of hydrogen-bond donors (Lipinski definition) is 1. The van der Waals surface area contributed by atoms with Crippen molar-refractivity contribution in [1.29, 1.82) is 0 Å². The maximum atomic E-state index is 12.9. The number of halogens is 3. The lowest BCUT2D eigenvalue weighted by Gasteiger charge is -2.32. The molecule has 0 atom stereocenters. The van der Waals surface area contributed by atoms with E-state index in [1.165, 1.54) is 11.0 Å². The highest BCUT2D eigenvalue weighted by molar-refractivity contribution is 7.92. The fraction of sp³-hybridized carbons (Fsp3) is 0.611. The van der Waals surface area contributed by atoms with Crippen molar-refractivity contribution in [3.05, 3.63) is 23.9 Å². The Morgan fingerprint density at radius 1 is 1.23 bits per heavy atom. The highest BCUT2D eigenvalue weighted by Crippen LogP contribution is 2.31. The first-order valence-corrected chi connectivity index (χ1v) is 10.7. The van der Waals surface area contributed by atoms with Gasteiger partial charge in [0.15, 0.2) is 5.03 Å². The molecule has 2 rings (SSSR count). The summed E-state index contributed by atoms with van der Waals surface area (Å²) >= 11 is 0. The predicted molar refractivity (Wildman–Crippen MR) is 100 cm³/mol. The summed E-state index contributed by atoms with van der Waals surface area (Å²) in [5.41, 5.74) is -6.80. The highest BCUT2D eigenvalue weighted by atomic mass is 32.2. The monoisotopic (exact) mass is 451 g/mol. The Bertz CT molecular complexity index is 889. The van der Waals surface area contributed by atoms with Crippen molar-refractivity contribution in [3.8, 4) is 0 Å². The first kappa shape index (κ1) is 23.9. The van der Waals surface area contributed by atoms with E-state index in [0.29, 0.717) is 19.4 Å². The Labute approximate surface area is 172 Å². The summed E-state index contributed by atoms with van der Waals surface area (Å²) in [6.07, 6.45) is 1.31. The molecule has 0 bridgehead atoms. The third-order valence-electron chi connectivity index (χ3n) is 4.40. The normalized spacial score (nSPS) is 16.3. The van der Waals surface area contributed by atoms with Crippen LogP contribution in [0.2, 0.25) is 0 Å². The summed E-state index contributed by atoms with van der Waals surface area (Å²) in [5.74, 6) is -0.779. The summed E-state index contributed by atoms with van der Waals surface area (Å²) < 4.78 is 67.4. The van der Waals surface area contributed by atoms with Gasteiger partial charge in [-0.3, -0.25) is 4.79 Å². The predicted octanol–water partition coefficient (Wildman–Crippen LogP) is 2.75. The second-order valence-electron chi connectivity index (χ2n) is 7.92. The molecule has 30 heavy (non-hydrogen) atoms. The van der Waals surface area contributed by atoms with Crippen LogP contribution in [0.3, 0.4) is 0 Å². The van der Waals surface area contributed by atoms with Crippen LogP contribution in [0.4, 0.5) is 18.0 Å². The molecule has 0 aromatic carbocycles. The minimum atomic E-state index is -5.75. The van der Waals surface area contributed by atoms with Crippen LogP contribution >= 0.6 is 0 Å². The number of carbonyl (C=O) groups is 2. The van der Waals surface area contributed by atoms with Crippen LogP contribution in [-0.2, 0) is 14.6 Å². The second-order valence-corrected chi connectivity index (χ2v) is 9.78. The van der Waals surface area contributed by atoms with Gasteiger partial charge in [-0.15, -0.1) is 0 Å². The number of hydrogen-bond acceptors (Lipinski definition) is 6. The highest BCUT2D eigenvalue weighted by Gasteiger charge is 2.49. The quantitative estimate of drug-likeness (QED) is 0.755. The van der Waals surface area contributed by atoms with E-state index < -0.39 is 43.5 Å². The van der Waals surface area contributed by atoms with Gasteiger partial charge in [-0.05, 0) is 51.7 Å². The van der Waals surface area contributed by atoms with E-state index in [4.69, 9.17) is 4.74 Å². The van der Waals surface area contributed by atoms with Crippen LogP contribution in [0, 0.1) is 5.92 Å². The van der Waals surface area contributed by atoms with Crippen molar-refractivity contribution < 1.29 is 35.9 Å². The van der Waals surface area contributed by atoms with E-state index in [2.05, 4.69) is 10.3 Å². The van der Waals surface area contributed by atoms with Crippen molar-refractivity contribution in [1.82, 2.24) is 15.2 Å². The van der Waals surface area contributed by atoms with Crippen LogP contribution in [0.15, 0.2) is 23.4 Å². The summed E-state index contributed by atoms with van der Waals surface area (Å²) in [7, 11) is -5.75. The summed E-state index contributed by atoms with van der Waals surface area (Å²) in [4.78, 5) is 29.0. The molecule has 2 amide bonds. The maximum Gasteiger partial charge on any atom is 0.503 e. The van der Waals surface area contributed by atoms with Crippen LogP contribution < -0.4 is 5.32 Å². The Kier molecular flexibility index (Phi) is 7.00. The fourth-order valence-electron chi connectivity index (χ4n) is 2.93. The molecule has 1 aliphatic rings. The molecule has 1 aromatic rings. The third kappa shape index (κ3) is 5.83. The van der Waals surface area contributed by atoms with Gasteiger partial charge in [0, 0.05) is 25.8 Å². The van der Waals surface area contributed by atoms with Crippen molar-refractivity contribution in [2.24, 2.45) is 5.92 Å². The molecular weight excluding hydrogens is 427 g/mol. The van der Waals surface area contributed by atoms with Gasteiger partial charge in [-0.2, -0.15) is 13.2 Å². The number of nitrogens with one attached hydrogen (secondary N) is 1. The number of aromatic nitrogens is 1. The van der Waals surface area contributed by atoms with E-state index in [1.54, 1.807) is 20.8 Å². The Hall–Kier alpha value is -2.37. The molecule has 0 spiro atoms. The van der Waals surface area contributed by atoms with Gasteiger partial charge in [0.25, 0.3) is 15.7 Å². The van der Waals surface area contributed by atoms with Crippen molar-refractivity contribution in [2.45, 2.75) is 49.7 Å². The molecule has 8 nitrogen and oxygen atoms in total. The molecule has 1 aromatic heterocycles. The van der Waals surface area contributed by atoms with Crippen LogP contribution in [0.5, 0.6) is 0 Å². The largest absolute Gasteiger partial charge is 0.503 e. The number of amides is 2. The number of ether oxygens (including phenoxy) is 1. The van der Waals surface area contributed by atoms with E-state index >= 15 is 0 Å². The Balaban J connectivity index is 2.01. The molecular formula is C18H24F3N3O5S. The molecule has 12 heteroatoms. The second kappa shape index (κ2) is 8.78. The number of alkyl carbamates (subject to hydrolysis) is 1. The Morgan fingerprint density at radius 3 is 2.37 bits per heavy atom. The zero-order valence-electron chi connectivity index (χ0n) is 16.8. The summed E-state index contributed by atoms with van der Waals surface area (Å²) in [5, 5.41) is 1.36. The van der Waals surface area contributed by atoms with E-state index in [0.717, 1.165) is 12.3 Å². The molecule has 0 aliphatic carbocycles. The number of sulfone groups is 1. The summed E-state index contributed by atoms with van der Waals surface area (Å²) in [6.45, 7) is 5.96. The number of carbonyl (C=O) groups excluding carboxylic acids is 2. The first-order valence-electron chi connectivity index (χ1n) is 9.25. The van der Waals surface area contributed by atoms with Gasteiger partial charge in [-0.1, -0.05) is 0 Å². The van der Waals surface area contributed by atoms with Crippen LogP contribution in [-0.4, -0.2) is 61.0 Å². The van der Waals surface area contributed by atoms with Crippen LogP contribution in [0.1, 0.15) is 44.0 Å². The van der Waals surface area contributed by atoms with Gasteiger partial charge in [0.1, 0.15) is 5.60 Å². The fourth-order valence-corrected chi connectivity index (χ4v) is 3.79. The lowest BCUT2D eigenvalue weighted by atomic mass is 9.96. The average Bonchev–Trinajstić information content (AvgIpc) is 2.64. The number of likely N-dealkylation sites (tertiary alicyclic amines) is 1. The molecule has 1 N–H and O–H groups in total. The van der Waals surface area contributed by atoms with Gasteiger partial charge in [-0.25, -0.2) is 18.2 Å². The molecule has 1 aliphatic heterocycles. The standard InChI is InChI=1S/C18H24F3N3O5S/c1-17(2,3)29-16(26)23-11-12-6-9-24(10-7-12)15(25)13-5-4-8-22-14(13)30(27,28)18(19,20)21/h4-5,8,12H,6-7,9-11H2,1-3H3,(H,23,26). The summed E-state index contributed by atoms with van der Waals surface area (Å²) in [6, 6.07) is 2.23. The average molecular weight is 451 g/mol. The number of piperidine rings is 1. The lowest BCUT2D eigenvalue weighted by Crippen LogP contribution is -2.43. The zero-order valence-corrected chi connectivity index (χ0v) is 17.6. The number of rotatable bonds is 4. The van der Waals surface area contributed by atoms with Crippen molar-refractivity contribution in [2.75, 3.05) is 19.6 Å². The SMILES string of the molecule is CC(C)(C)OC(=O)NCC1CCN(C(=O)c2cccnc2S(=O)(=O)C(F)(F)F)CC1. The number of nitrogens with zero attached hydrogens (tertiary/aromatic N) is 2.